The molecule has 0 saturated carbocycles. The number of esters is 2. The standard InChI is InChI=1S/C19H22ClNO2.C18H20ClNO2/c1-14(12-15-8-10-16(20)11-9-15)13-21(2)18-7-5-4-6-17(18)19(22)23-3;1-13(11-14-7-9-15(19)10-8-14)12-20-17-6-4-3-5-16(17)18(21)22-2/h4-11,14H,12-13H2,1-3H3;3-10,13,20H,11-12H2,1-2H3. The van der Waals surface area contributed by atoms with Crippen molar-refractivity contribution in [2.24, 2.45) is 11.8 Å². The minimum Gasteiger partial charge on any atom is -0.465 e. The van der Waals surface area contributed by atoms with E-state index in [-0.39, 0.29) is 11.9 Å². The molecule has 45 heavy (non-hydrogen) atoms. The Morgan fingerprint density at radius 2 is 1.16 bits per heavy atom. The topological polar surface area (TPSA) is 67.9 Å². The average Bonchev–Trinajstić information content (AvgIpc) is 3.05. The molecular weight excluding hydrogens is 607 g/mol. The Kier molecular flexibility index (Phi) is 14.3. The lowest BCUT2D eigenvalue weighted by molar-refractivity contribution is 0.0592. The van der Waals surface area contributed by atoms with Crippen LogP contribution in [0.2, 0.25) is 10.0 Å². The average molecular weight is 650 g/mol. The third-order valence-electron chi connectivity index (χ3n) is 7.27. The molecule has 0 heterocycles. The van der Waals surface area contributed by atoms with Gasteiger partial charge in [0.05, 0.1) is 31.0 Å². The van der Waals surface area contributed by atoms with Crippen molar-refractivity contribution in [1.82, 2.24) is 0 Å². The largest absolute Gasteiger partial charge is 0.465 e. The van der Waals surface area contributed by atoms with Crippen LogP contribution < -0.4 is 10.2 Å². The number of hydrogen-bond acceptors (Lipinski definition) is 6. The molecule has 0 bridgehead atoms. The molecule has 0 amide bonds. The van der Waals surface area contributed by atoms with Gasteiger partial charge in [0.25, 0.3) is 0 Å². The van der Waals surface area contributed by atoms with Crippen molar-refractivity contribution >= 4 is 46.5 Å². The number of hydrogen-bond donors (Lipinski definition) is 1. The van der Waals surface area contributed by atoms with E-state index in [0.29, 0.717) is 23.0 Å². The predicted molar refractivity (Wildman–Crippen MR) is 186 cm³/mol. The van der Waals surface area contributed by atoms with Gasteiger partial charge in [-0.2, -0.15) is 0 Å². The monoisotopic (exact) mass is 648 g/mol. The van der Waals surface area contributed by atoms with Gasteiger partial charge in [-0.05, 0) is 84.3 Å². The summed E-state index contributed by atoms with van der Waals surface area (Å²) in [6.07, 6.45) is 1.91. The fraction of sp³-hybridized carbons (Fsp3) is 0.297. The number of nitrogens with zero attached hydrogens (tertiary/aromatic N) is 1. The second-order valence-corrected chi connectivity index (χ2v) is 12.1. The van der Waals surface area contributed by atoms with Gasteiger partial charge in [-0.15, -0.1) is 0 Å². The molecule has 238 valence electrons. The second kappa shape index (κ2) is 18.1. The molecule has 4 aromatic rings. The lowest BCUT2D eigenvalue weighted by Gasteiger charge is -2.25. The molecule has 0 aliphatic heterocycles. The number of nitrogens with one attached hydrogen (secondary N) is 1. The first-order valence-corrected chi connectivity index (χ1v) is 15.6. The Bertz CT molecular complexity index is 1510. The first kappa shape index (κ1) is 35.5. The minimum absolute atomic E-state index is 0.308. The van der Waals surface area contributed by atoms with Gasteiger partial charge in [-0.1, -0.05) is 85.6 Å². The molecule has 2 atom stereocenters. The van der Waals surface area contributed by atoms with Gasteiger partial charge in [0.2, 0.25) is 0 Å². The smallest absolute Gasteiger partial charge is 0.339 e. The summed E-state index contributed by atoms with van der Waals surface area (Å²) in [5.41, 5.74) is 5.36. The van der Waals surface area contributed by atoms with Crippen molar-refractivity contribution in [3.63, 3.8) is 0 Å². The van der Waals surface area contributed by atoms with Crippen LogP contribution in [0.4, 0.5) is 11.4 Å². The van der Waals surface area contributed by atoms with Crippen molar-refractivity contribution < 1.29 is 19.1 Å². The van der Waals surface area contributed by atoms with Crippen molar-refractivity contribution in [2.45, 2.75) is 26.7 Å². The molecule has 1 N–H and O–H groups in total. The van der Waals surface area contributed by atoms with Gasteiger partial charge in [0, 0.05) is 35.9 Å². The maximum absolute atomic E-state index is 11.9. The summed E-state index contributed by atoms with van der Waals surface area (Å²) in [6.45, 7) is 5.99. The lowest BCUT2D eigenvalue weighted by atomic mass is 10.0. The van der Waals surface area contributed by atoms with Crippen LogP contribution >= 0.6 is 23.2 Å². The van der Waals surface area contributed by atoms with Gasteiger partial charge in [0.15, 0.2) is 0 Å². The number of rotatable bonds is 12. The maximum Gasteiger partial charge on any atom is 0.339 e. The van der Waals surface area contributed by atoms with Gasteiger partial charge in [0.1, 0.15) is 0 Å². The van der Waals surface area contributed by atoms with E-state index in [1.165, 1.54) is 25.3 Å². The molecule has 0 aromatic heterocycles. The molecule has 6 nitrogen and oxygen atoms in total. The van der Waals surface area contributed by atoms with Crippen molar-refractivity contribution in [3.05, 3.63) is 129 Å². The normalized spacial score (nSPS) is 11.8. The van der Waals surface area contributed by atoms with Gasteiger partial charge in [-0.3, -0.25) is 0 Å². The Hall–Kier alpha value is -4.00. The predicted octanol–water partition coefficient (Wildman–Crippen LogP) is 8.86. The molecular formula is C37H42Cl2N2O4. The van der Waals surface area contributed by atoms with Crippen molar-refractivity contribution in [1.29, 1.82) is 0 Å². The summed E-state index contributed by atoms with van der Waals surface area (Å²) in [5.74, 6) is 0.227. The van der Waals surface area contributed by atoms with Crippen LogP contribution in [0.15, 0.2) is 97.1 Å². The van der Waals surface area contributed by atoms with Gasteiger partial charge < -0.3 is 19.7 Å². The summed E-state index contributed by atoms with van der Waals surface area (Å²) in [4.78, 5) is 25.7. The number of methoxy groups -OCH3 is 2. The number of ether oxygens (including phenoxy) is 2. The quantitative estimate of drug-likeness (QED) is 0.155. The molecule has 8 heteroatoms. The third kappa shape index (κ3) is 11.5. The fourth-order valence-corrected chi connectivity index (χ4v) is 5.30. The summed E-state index contributed by atoms with van der Waals surface area (Å²) in [7, 11) is 4.80. The minimum atomic E-state index is -0.326. The zero-order chi connectivity index (χ0) is 32.8. The number of halogens is 2. The summed E-state index contributed by atoms with van der Waals surface area (Å²) < 4.78 is 9.66. The molecule has 0 radical (unpaired) electrons. The Morgan fingerprint density at radius 3 is 1.71 bits per heavy atom. The highest BCUT2D eigenvalue weighted by atomic mass is 35.5. The Morgan fingerprint density at radius 1 is 0.689 bits per heavy atom. The molecule has 0 spiro atoms. The van der Waals surface area contributed by atoms with Gasteiger partial charge >= 0.3 is 11.9 Å². The molecule has 0 aliphatic rings. The molecule has 0 fully saturated rings. The first-order chi connectivity index (χ1) is 21.6. The zero-order valence-corrected chi connectivity index (χ0v) is 28.1. The van der Waals surface area contributed by atoms with Crippen LogP contribution in [0.3, 0.4) is 0 Å². The van der Waals surface area contributed by atoms with E-state index in [9.17, 15) is 9.59 Å². The van der Waals surface area contributed by atoms with E-state index in [1.807, 2.05) is 79.8 Å². The second-order valence-electron chi connectivity index (χ2n) is 11.2. The highest BCUT2D eigenvalue weighted by Crippen LogP contribution is 2.23. The Balaban J connectivity index is 0.000000246. The van der Waals surface area contributed by atoms with E-state index < -0.39 is 0 Å². The van der Waals surface area contributed by atoms with Crippen LogP contribution in [-0.4, -0.2) is 46.3 Å². The number of anilines is 2. The van der Waals surface area contributed by atoms with E-state index in [1.54, 1.807) is 12.1 Å². The molecule has 4 rings (SSSR count). The van der Waals surface area contributed by atoms with Crippen LogP contribution in [0.1, 0.15) is 45.7 Å². The first-order valence-electron chi connectivity index (χ1n) is 14.9. The maximum atomic E-state index is 11.9. The van der Waals surface area contributed by atoms with E-state index in [4.69, 9.17) is 32.7 Å². The summed E-state index contributed by atoms with van der Waals surface area (Å²) >= 11 is 11.8. The van der Waals surface area contributed by atoms with Crippen molar-refractivity contribution in [2.75, 3.05) is 44.6 Å². The van der Waals surface area contributed by atoms with E-state index in [0.717, 1.165) is 47.4 Å². The van der Waals surface area contributed by atoms with Gasteiger partial charge in [-0.25, -0.2) is 9.59 Å². The number of para-hydroxylation sites is 2. The zero-order valence-electron chi connectivity index (χ0n) is 26.6. The summed E-state index contributed by atoms with van der Waals surface area (Å²) in [5, 5.41) is 4.84. The van der Waals surface area contributed by atoms with Crippen LogP contribution in [-0.2, 0) is 22.3 Å². The van der Waals surface area contributed by atoms with E-state index in [2.05, 4.69) is 36.2 Å². The molecule has 0 aliphatic carbocycles. The van der Waals surface area contributed by atoms with Crippen LogP contribution in [0.5, 0.6) is 0 Å². The van der Waals surface area contributed by atoms with E-state index >= 15 is 0 Å². The Labute approximate surface area is 277 Å². The SMILES string of the molecule is COC(=O)c1ccccc1N(C)CC(C)Cc1ccc(Cl)cc1.COC(=O)c1ccccc1NCC(C)Cc1ccc(Cl)cc1. The molecule has 2 unspecified atom stereocenters. The number of carbonyl (C=O) groups is 2. The highest BCUT2D eigenvalue weighted by molar-refractivity contribution is 6.30. The molecule has 0 saturated heterocycles. The van der Waals surface area contributed by atoms with Crippen molar-refractivity contribution in [3.8, 4) is 0 Å². The fourth-order valence-electron chi connectivity index (χ4n) is 5.05. The van der Waals surface area contributed by atoms with Crippen LogP contribution in [0.25, 0.3) is 0 Å². The third-order valence-corrected chi connectivity index (χ3v) is 7.78. The summed E-state index contributed by atoms with van der Waals surface area (Å²) in [6, 6.07) is 30.7. The lowest BCUT2D eigenvalue weighted by Crippen LogP contribution is -2.26. The number of benzene rings is 4. The van der Waals surface area contributed by atoms with Crippen LogP contribution in [0, 0.1) is 11.8 Å². The highest BCUT2D eigenvalue weighted by Gasteiger charge is 2.16. The number of carbonyl (C=O) groups excluding carboxylic acids is 2. The molecule has 4 aromatic carbocycles.